The maximum atomic E-state index is 12.4. The molecule has 0 bridgehead atoms. The summed E-state index contributed by atoms with van der Waals surface area (Å²) >= 11 is 0.912. The molecule has 3 rings (SSSR count). The van der Waals surface area contributed by atoms with Crippen molar-refractivity contribution in [2.45, 2.75) is 26.8 Å². The summed E-state index contributed by atoms with van der Waals surface area (Å²) in [4.78, 5) is 38.2. The SMILES string of the molecule is COc1cc(/C=C2/SC(=O)N(C(C)C)C2=O)ccc1OCC(=O)Nc1ccc(C)cc1. The second-order valence-electron chi connectivity index (χ2n) is 7.26. The summed E-state index contributed by atoms with van der Waals surface area (Å²) in [6, 6.07) is 12.4. The Bertz CT molecular complexity index is 1030. The highest BCUT2D eigenvalue weighted by atomic mass is 32.2. The van der Waals surface area contributed by atoms with Crippen LogP contribution in [-0.2, 0) is 9.59 Å². The molecule has 1 aliphatic heterocycles. The summed E-state index contributed by atoms with van der Waals surface area (Å²) in [5.41, 5.74) is 2.48. The smallest absolute Gasteiger partial charge is 0.293 e. The summed E-state index contributed by atoms with van der Waals surface area (Å²) in [5.74, 6) is 0.211. The summed E-state index contributed by atoms with van der Waals surface area (Å²) in [6.07, 6.45) is 1.64. The fraction of sp³-hybridized carbons (Fsp3) is 0.261. The van der Waals surface area contributed by atoms with Gasteiger partial charge in [0.2, 0.25) is 0 Å². The predicted octanol–water partition coefficient (Wildman–Crippen LogP) is 4.47. The van der Waals surface area contributed by atoms with Gasteiger partial charge in [-0.15, -0.1) is 0 Å². The van der Waals surface area contributed by atoms with Gasteiger partial charge in [0.15, 0.2) is 18.1 Å². The van der Waals surface area contributed by atoms with Gasteiger partial charge in [0.25, 0.3) is 17.1 Å². The van der Waals surface area contributed by atoms with Crippen LogP contribution in [0.5, 0.6) is 11.5 Å². The van der Waals surface area contributed by atoms with Gasteiger partial charge in [0.05, 0.1) is 12.0 Å². The number of nitrogens with one attached hydrogen (secondary N) is 1. The Morgan fingerprint density at radius 1 is 1.13 bits per heavy atom. The number of anilines is 1. The molecule has 1 N–H and O–H groups in total. The number of rotatable bonds is 7. The molecule has 0 spiro atoms. The first-order valence-electron chi connectivity index (χ1n) is 9.73. The van der Waals surface area contributed by atoms with Crippen LogP contribution >= 0.6 is 11.8 Å². The molecule has 0 aliphatic carbocycles. The van der Waals surface area contributed by atoms with E-state index in [0.717, 1.165) is 17.3 Å². The van der Waals surface area contributed by atoms with E-state index >= 15 is 0 Å². The zero-order chi connectivity index (χ0) is 22.5. The number of hydrogen-bond donors (Lipinski definition) is 1. The van der Waals surface area contributed by atoms with E-state index in [1.165, 1.54) is 12.0 Å². The van der Waals surface area contributed by atoms with Crippen LogP contribution < -0.4 is 14.8 Å². The number of nitrogens with zero attached hydrogens (tertiary/aromatic N) is 1. The monoisotopic (exact) mass is 440 g/mol. The second kappa shape index (κ2) is 9.70. The van der Waals surface area contributed by atoms with Crippen molar-refractivity contribution in [2.24, 2.45) is 0 Å². The zero-order valence-electron chi connectivity index (χ0n) is 17.8. The lowest BCUT2D eigenvalue weighted by molar-refractivity contribution is -0.123. The van der Waals surface area contributed by atoms with E-state index in [2.05, 4.69) is 5.32 Å². The van der Waals surface area contributed by atoms with Crippen LogP contribution in [0.25, 0.3) is 6.08 Å². The summed E-state index contributed by atoms with van der Waals surface area (Å²) < 4.78 is 11.0. The Hall–Kier alpha value is -3.26. The number of amides is 3. The highest BCUT2D eigenvalue weighted by Crippen LogP contribution is 2.35. The van der Waals surface area contributed by atoms with Gasteiger partial charge < -0.3 is 14.8 Å². The molecule has 7 nitrogen and oxygen atoms in total. The quantitative estimate of drug-likeness (QED) is 0.640. The van der Waals surface area contributed by atoms with Gasteiger partial charge >= 0.3 is 0 Å². The normalized spacial score (nSPS) is 15.0. The first kappa shape index (κ1) is 22.4. The van der Waals surface area contributed by atoms with Crippen molar-refractivity contribution in [1.29, 1.82) is 0 Å². The number of thioether (sulfide) groups is 1. The molecule has 31 heavy (non-hydrogen) atoms. The largest absolute Gasteiger partial charge is 0.493 e. The molecule has 0 atom stereocenters. The number of hydrogen-bond acceptors (Lipinski definition) is 6. The molecule has 2 aromatic rings. The van der Waals surface area contributed by atoms with E-state index in [-0.39, 0.29) is 29.7 Å². The zero-order valence-corrected chi connectivity index (χ0v) is 18.6. The molecule has 0 radical (unpaired) electrons. The molecule has 1 aliphatic rings. The molecule has 2 aromatic carbocycles. The predicted molar refractivity (Wildman–Crippen MR) is 121 cm³/mol. The highest BCUT2D eigenvalue weighted by Gasteiger charge is 2.36. The third kappa shape index (κ3) is 5.46. The average Bonchev–Trinajstić information content (AvgIpc) is 3.01. The van der Waals surface area contributed by atoms with Crippen molar-refractivity contribution in [3.63, 3.8) is 0 Å². The van der Waals surface area contributed by atoms with Crippen molar-refractivity contribution >= 4 is 40.6 Å². The molecular formula is C23H24N2O5S. The van der Waals surface area contributed by atoms with Crippen LogP contribution in [0.4, 0.5) is 10.5 Å². The molecular weight excluding hydrogens is 416 g/mol. The lowest BCUT2D eigenvalue weighted by atomic mass is 10.1. The van der Waals surface area contributed by atoms with E-state index in [4.69, 9.17) is 9.47 Å². The minimum Gasteiger partial charge on any atom is -0.493 e. The fourth-order valence-electron chi connectivity index (χ4n) is 2.95. The molecule has 1 heterocycles. The number of imide groups is 1. The first-order valence-corrected chi connectivity index (χ1v) is 10.5. The Morgan fingerprint density at radius 2 is 1.84 bits per heavy atom. The van der Waals surface area contributed by atoms with E-state index in [1.54, 1.807) is 38.1 Å². The number of methoxy groups -OCH3 is 1. The van der Waals surface area contributed by atoms with Crippen molar-refractivity contribution < 1.29 is 23.9 Å². The van der Waals surface area contributed by atoms with Gasteiger partial charge in [-0.25, -0.2) is 0 Å². The third-order valence-corrected chi connectivity index (χ3v) is 5.40. The Labute approximate surface area is 185 Å². The Balaban J connectivity index is 1.67. The van der Waals surface area contributed by atoms with E-state index in [9.17, 15) is 14.4 Å². The molecule has 1 saturated heterocycles. The maximum absolute atomic E-state index is 12.4. The fourth-order valence-corrected chi connectivity index (χ4v) is 3.91. The average molecular weight is 441 g/mol. The molecule has 162 valence electrons. The van der Waals surface area contributed by atoms with Crippen LogP contribution in [0, 0.1) is 6.92 Å². The van der Waals surface area contributed by atoms with Crippen molar-refractivity contribution in [3.05, 3.63) is 58.5 Å². The van der Waals surface area contributed by atoms with Crippen molar-refractivity contribution in [1.82, 2.24) is 4.90 Å². The highest BCUT2D eigenvalue weighted by molar-refractivity contribution is 8.18. The maximum Gasteiger partial charge on any atom is 0.293 e. The minimum atomic E-state index is -0.308. The van der Waals surface area contributed by atoms with Gasteiger partial charge in [0, 0.05) is 11.7 Å². The van der Waals surface area contributed by atoms with Gasteiger partial charge in [-0.1, -0.05) is 23.8 Å². The van der Waals surface area contributed by atoms with Gasteiger partial charge in [-0.2, -0.15) is 0 Å². The molecule has 3 amide bonds. The molecule has 1 fully saturated rings. The van der Waals surface area contributed by atoms with Crippen molar-refractivity contribution in [2.75, 3.05) is 19.0 Å². The van der Waals surface area contributed by atoms with E-state index in [0.29, 0.717) is 27.7 Å². The summed E-state index contributed by atoms with van der Waals surface area (Å²) in [5, 5.41) is 2.49. The minimum absolute atomic E-state index is 0.184. The Morgan fingerprint density at radius 3 is 2.45 bits per heavy atom. The molecule has 0 saturated carbocycles. The van der Waals surface area contributed by atoms with Crippen LogP contribution in [0.1, 0.15) is 25.0 Å². The van der Waals surface area contributed by atoms with Gasteiger partial charge in [0.1, 0.15) is 0 Å². The van der Waals surface area contributed by atoms with Gasteiger partial charge in [-0.05, 0) is 68.4 Å². The van der Waals surface area contributed by atoms with Crippen LogP contribution in [0.3, 0.4) is 0 Å². The second-order valence-corrected chi connectivity index (χ2v) is 8.25. The van der Waals surface area contributed by atoms with Gasteiger partial charge in [-0.3, -0.25) is 19.3 Å². The first-order chi connectivity index (χ1) is 14.8. The lowest BCUT2D eigenvalue weighted by Gasteiger charge is -2.16. The molecule has 0 unspecified atom stereocenters. The molecule has 8 heteroatoms. The lowest BCUT2D eigenvalue weighted by Crippen LogP contribution is -2.34. The van der Waals surface area contributed by atoms with E-state index in [1.807, 2.05) is 31.2 Å². The summed E-state index contributed by atoms with van der Waals surface area (Å²) in [6.45, 7) is 5.38. The standard InChI is InChI=1S/C23H24N2O5S/c1-14(2)25-22(27)20(31-23(25)28)12-16-7-10-18(19(11-16)29-4)30-13-21(26)24-17-8-5-15(3)6-9-17/h5-12,14H,13H2,1-4H3,(H,24,26)/b20-12+. The molecule has 0 aromatic heterocycles. The van der Waals surface area contributed by atoms with Crippen molar-refractivity contribution in [3.8, 4) is 11.5 Å². The topological polar surface area (TPSA) is 84.9 Å². The van der Waals surface area contributed by atoms with E-state index < -0.39 is 0 Å². The summed E-state index contributed by atoms with van der Waals surface area (Å²) in [7, 11) is 1.49. The van der Waals surface area contributed by atoms with Crippen LogP contribution in [0.15, 0.2) is 47.4 Å². The number of ether oxygens (including phenoxy) is 2. The number of benzene rings is 2. The number of aryl methyl sites for hydroxylation is 1. The van der Waals surface area contributed by atoms with Crippen LogP contribution in [0.2, 0.25) is 0 Å². The van der Waals surface area contributed by atoms with Crippen LogP contribution in [-0.4, -0.2) is 41.7 Å². The number of carbonyl (C=O) groups excluding carboxylic acids is 3. The third-order valence-electron chi connectivity index (χ3n) is 4.52. The number of carbonyl (C=O) groups is 3. The Kier molecular flexibility index (Phi) is 7.02.